The molecule has 5 fully saturated rings. The molecule has 1 aromatic carbocycles. The van der Waals surface area contributed by atoms with Crippen LogP contribution in [0.1, 0.15) is 44.1 Å². The maximum absolute atomic E-state index is 10.6. The van der Waals surface area contributed by atoms with Crippen LogP contribution in [0.3, 0.4) is 0 Å². The average molecular weight is 448 g/mol. The first kappa shape index (κ1) is 21.4. The van der Waals surface area contributed by atoms with Crippen molar-refractivity contribution in [2.45, 2.75) is 50.0 Å². The number of benzene rings is 1. The van der Waals surface area contributed by atoms with Gasteiger partial charge in [-0.3, -0.25) is 4.90 Å². The van der Waals surface area contributed by atoms with Crippen molar-refractivity contribution in [1.82, 2.24) is 9.88 Å². The fourth-order valence-corrected chi connectivity index (χ4v) is 7.61. The topological polar surface area (TPSA) is 48.8 Å². The number of anilines is 1. The molecule has 4 aliphatic carbocycles. The van der Waals surface area contributed by atoms with E-state index in [2.05, 4.69) is 45.1 Å². The Morgan fingerprint density at radius 2 is 1.58 bits per heavy atom. The number of rotatable bonds is 7. The fourth-order valence-electron chi connectivity index (χ4n) is 7.61. The normalized spacial score (nSPS) is 32.2. The van der Waals surface area contributed by atoms with Crippen molar-refractivity contribution in [2.24, 2.45) is 17.8 Å². The van der Waals surface area contributed by atoms with Crippen molar-refractivity contribution in [3.8, 4) is 5.75 Å². The number of pyridine rings is 1. The first-order chi connectivity index (χ1) is 16.1. The largest absolute Gasteiger partial charge is 0.491 e. The van der Waals surface area contributed by atoms with Gasteiger partial charge < -0.3 is 14.7 Å². The van der Waals surface area contributed by atoms with Crippen molar-refractivity contribution in [2.75, 3.05) is 44.2 Å². The van der Waals surface area contributed by atoms with Crippen LogP contribution in [0.5, 0.6) is 5.75 Å². The van der Waals surface area contributed by atoms with Crippen molar-refractivity contribution in [3.63, 3.8) is 0 Å². The molecule has 1 aromatic heterocycles. The maximum atomic E-state index is 10.6. The highest BCUT2D eigenvalue weighted by Crippen LogP contribution is 2.60. The summed E-state index contributed by atoms with van der Waals surface area (Å²) in [4.78, 5) is 9.08. The van der Waals surface area contributed by atoms with Crippen LogP contribution < -0.4 is 9.64 Å². The molecule has 1 saturated heterocycles. The Morgan fingerprint density at radius 3 is 2.18 bits per heavy atom. The Bertz CT molecular complexity index is 889. The molecule has 2 aromatic rings. The van der Waals surface area contributed by atoms with Crippen LogP contribution in [0.4, 0.5) is 5.82 Å². The Morgan fingerprint density at radius 1 is 0.909 bits per heavy atom. The van der Waals surface area contributed by atoms with E-state index in [1.807, 2.05) is 18.3 Å². The van der Waals surface area contributed by atoms with Gasteiger partial charge in [-0.05, 0) is 91.5 Å². The van der Waals surface area contributed by atoms with Gasteiger partial charge in [0.15, 0.2) is 0 Å². The minimum atomic E-state index is -0.478. The number of nitrogens with zero attached hydrogens (tertiary/aromatic N) is 3. The van der Waals surface area contributed by atoms with Gasteiger partial charge in [-0.25, -0.2) is 4.98 Å². The first-order valence-electron chi connectivity index (χ1n) is 12.9. The van der Waals surface area contributed by atoms with Crippen LogP contribution in [0.2, 0.25) is 0 Å². The molecule has 5 aliphatic rings. The molecule has 2 heterocycles. The molecular weight excluding hydrogens is 410 g/mol. The predicted octanol–water partition coefficient (Wildman–Crippen LogP) is 4.11. The highest BCUT2D eigenvalue weighted by molar-refractivity contribution is 5.38. The summed E-state index contributed by atoms with van der Waals surface area (Å²) in [6.07, 6.45) is 10.00. The van der Waals surface area contributed by atoms with Gasteiger partial charge in [0.1, 0.15) is 24.3 Å². The van der Waals surface area contributed by atoms with Crippen LogP contribution in [-0.4, -0.2) is 60.4 Å². The molecule has 1 atom stereocenters. The quantitative estimate of drug-likeness (QED) is 0.692. The van der Waals surface area contributed by atoms with E-state index in [1.165, 1.54) is 44.1 Å². The van der Waals surface area contributed by atoms with Gasteiger partial charge in [0, 0.05) is 38.9 Å². The number of hydrogen-bond donors (Lipinski definition) is 1. The lowest BCUT2D eigenvalue weighted by Crippen LogP contribution is -2.49. The van der Waals surface area contributed by atoms with Crippen LogP contribution >= 0.6 is 0 Å². The monoisotopic (exact) mass is 447 g/mol. The molecule has 1 unspecified atom stereocenters. The zero-order valence-electron chi connectivity index (χ0n) is 19.6. The molecule has 4 bridgehead atoms. The van der Waals surface area contributed by atoms with Gasteiger partial charge in [0.05, 0.1) is 0 Å². The molecular formula is C28H37N3O2. The first-order valence-corrected chi connectivity index (χ1v) is 12.9. The summed E-state index contributed by atoms with van der Waals surface area (Å²) < 4.78 is 5.98. The fraction of sp³-hybridized carbons (Fsp3) is 0.607. The third-order valence-electron chi connectivity index (χ3n) is 8.76. The van der Waals surface area contributed by atoms with Gasteiger partial charge in [-0.2, -0.15) is 0 Å². The van der Waals surface area contributed by atoms with Crippen LogP contribution in [0.25, 0.3) is 0 Å². The van der Waals surface area contributed by atoms with Crippen molar-refractivity contribution < 1.29 is 9.84 Å². The summed E-state index contributed by atoms with van der Waals surface area (Å²) in [6, 6.07) is 14.9. The molecule has 5 nitrogen and oxygen atoms in total. The number of aromatic nitrogens is 1. The maximum Gasteiger partial charge on any atom is 0.128 e. The molecule has 7 rings (SSSR count). The molecule has 0 radical (unpaired) electrons. The molecule has 5 heteroatoms. The van der Waals surface area contributed by atoms with Gasteiger partial charge in [0.2, 0.25) is 0 Å². The summed E-state index contributed by atoms with van der Waals surface area (Å²) in [7, 11) is 0. The molecule has 176 valence electrons. The van der Waals surface area contributed by atoms with Crippen LogP contribution in [0.15, 0.2) is 48.7 Å². The van der Waals surface area contributed by atoms with E-state index >= 15 is 0 Å². The van der Waals surface area contributed by atoms with Gasteiger partial charge in [0.25, 0.3) is 0 Å². The minimum absolute atomic E-state index is 0.344. The minimum Gasteiger partial charge on any atom is -0.491 e. The van der Waals surface area contributed by atoms with E-state index < -0.39 is 6.10 Å². The Labute approximate surface area is 197 Å². The lowest BCUT2D eigenvalue weighted by molar-refractivity contribution is -0.00522. The Kier molecular flexibility index (Phi) is 5.79. The molecule has 4 saturated carbocycles. The number of piperazine rings is 1. The van der Waals surface area contributed by atoms with E-state index in [1.54, 1.807) is 0 Å². The highest BCUT2D eigenvalue weighted by Gasteiger charge is 2.51. The van der Waals surface area contributed by atoms with Crippen molar-refractivity contribution in [1.29, 1.82) is 0 Å². The Balaban J connectivity index is 0.980. The summed E-state index contributed by atoms with van der Waals surface area (Å²) in [6.45, 7) is 4.76. The number of ether oxygens (including phenoxy) is 1. The Hall–Kier alpha value is -2.11. The number of β-amino-alcohol motifs (C(OH)–C–C–N with tert-alkyl or cyclic N) is 1. The van der Waals surface area contributed by atoms with Crippen molar-refractivity contribution >= 4 is 5.82 Å². The average Bonchev–Trinajstić information content (AvgIpc) is 2.83. The predicted molar refractivity (Wildman–Crippen MR) is 131 cm³/mol. The number of aliphatic hydroxyl groups is 1. The smallest absolute Gasteiger partial charge is 0.128 e. The third kappa shape index (κ3) is 4.50. The summed E-state index contributed by atoms with van der Waals surface area (Å²) in [5, 5.41) is 10.6. The molecule has 33 heavy (non-hydrogen) atoms. The molecule has 0 amide bonds. The van der Waals surface area contributed by atoms with E-state index in [0.717, 1.165) is 55.5 Å². The number of aliphatic hydroxyl groups excluding tert-OH is 1. The summed E-state index contributed by atoms with van der Waals surface area (Å²) in [5.41, 5.74) is 1.96. The second-order valence-electron chi connectivity index (χ2n) is 11.2. The van der Waals surface area contributed by atoms with Crippen LogP contribution in [0, 0.1) is 17.8 Å². The summed E-state index contributed by atoms with van der Waals surface area (Å²) in [5.74, 6) is 4.81. The molecule has 0 spiro atoms. The number of hydrogen-bond acceptors (Lipinski definition) is 5. The van der Waals surface area contributed by atoms with E-state index in [-0.39, 0.29) is 0 Å². The van der Waals surface area contributed by atoms with Gasteiger partial charge >= 0.3 is 0 Å². The standard InChI is InChI=1S/C28H37N3O2/c32-25(19-30-9-11-31(12-10-30)27-3-1-2-8-29-27)20-33-26-6-4-24(5-7-26)28-16-21-13-22(17-28)15-23(14-21)18-28/h1-8,21-23,25,32H,9-20H2. The zero-order valence-corrected chi connectivity index (χ0v) is 19.6. The highest BCUT2D eigenvalue weighted by atomic mass is 16.5. The lowest BCUT2D eigenvalue weighted by atomic mass is 9.48. The van der Waals surface area contributed by atoms with E-state index in [0.29, 0.717) is 18.6 Å². The van der Waals surface area contributed by atoms with Crippen molar-refractivity contribution in [3.05, 3.63) is 54.2 Å². The second kappa shape index (κ2) is 8.92. The van der Waals surface area contributed by atoms with Gasteiger partial charge in [-0.1, -0.05) is 18.2 Å². The van der Waals surface area contributed by atoms with E-state index in [9.17, 15) is 5.11 Å². The molecule has 1 N–H and O–H groups in total. The van der Waals surface area contributed by atoms with Crippen LogP contribution in [-0.2, 0) is 5.41 Å². The van der Waals surface area contributed by atoms with Gasteiger partial charge in [-0.15, -0.1) is 0 Å². The zero-order chi connectivity index (χ0) is 22.3. The van der Waals surface area contributed by atoms with E-state index in [4.69, 9.17) is 4.74 Å². The summed E-state index contributed by atoms with van der Waals surface area (Å²) >= 11 is 0. The third-order valence-corrected chi connectivity index (χ3v) is 8.76. The SMILES string of the molecule is OC(COc1ccc(C23CC4CC(CC(C4)C2)C3)cc1)CN1CCN(c2ccccn2)CC1. The lowest BCUT2D eigenvalue weighted by Gasteiger charge is -2.57. The molecule has 1 aliphatic heterocycles. The second-order valence-corrected chi connectivity index (χ2v) is 11.2.